The lowest BCUT2D eigenvalue weighted by molar-refractivity contribution is 0.00578. The minimum Gasteiger partial charge on any atom is -0.502 e. The third kappa shape index (κ3) is 2.19. The number of methoxy groups -OCH3 is 1. The first-order chi connectivity index (χ1) is 8.69. The Morgan fingerprint density at radius 3 is 2.16 bits per heavy atom. The standard InChI is InChI=1S/C13H18BFO4/c1-12(2)13(3,4)19-14(18-12)8-6-7-9(15)10(16)11(8)17-5/h6-7,16H,1-5H3. The molecule has 104 valence electrons. The molecule has 0 amide bonds. The fourth-order valence-electron chi connectivity index (χ4n) is 1.93. The van der Waals surface area contributed by atoms with Crippen molar-refractivity contribution in [3.63, 3.8) is 0 Å². The van der Waals surface area contributed by atoms with Gasteiger partial charge in [0.05, 0.1) is 18.3 Å². The normalized spacial score (nSPS) is 20.6. The van der Waals surface area contributed by atoms with Gasteiger partial charge in [-0.2, -0.15) is 0 Å². The van der Waals surface area contributed by atoms with Gasteiger partial charge >= 0.3 is 7.12 Å². The Kier molecular flexibility index (Phi) is 3.27. The highest BCUT2D eigenvalue weighted by atomic mass is 19.1. The fraction of sp³-hybridized carbons (Fsp3) is 0.538. The van der Waals surface area contributed by atoms with Crippen molar-refractivity contribution in [2.45, 2.75) is 38.9 Å². The average molecular weight is 268 g/mol. The van der Waals surface area contributed by atoms with Crippen LogP contribution in [-0.4, -0.2) is 30.5 Å². The van der Waals surface area contributed by atoms with Gasteiger partial charge in [0.2, 0.25) is 0 Å². The molecule has 19 heavy (non-hydrogen) atoms. The molecule has 1 aromatic carbocycles. The predicted octanol–water partition coefficient (Wildman–Crippen LogP) is 1.84. The zero-order chi connectivity index (χ0) is 14.4. The SMILES string of the molecule is COc1c(B2OC(C)(C)C(C)(C)O2)ccc(F)c1O. The van der Waals surface area contributed by atoms with Crippen molar-refractivity contribution in [2.75, 3.05) is 7.11 Å². The van der Waals surface area contributed by atoms with Gasteiger partial charge in [-0.15, -0.1) is 0 Å². The van der Waals surface area contributed by atoms with E-state index in [4.69, 9.17) is 14.0 Å². The summed E-state index contributed by atoms with van der Waals surface area (Å²) in [5.41, 5.74) is -0.542. The van der Waals surface area contributed by atoms with E-state index in [1.54, 1.807) is 0 Å². The predicted molar refractivity (Wildman–Crippen MR) is 70.3 cm³/mol. The number of halogens is 1. The van der Waals surface area contributed by atoms with E-state index in [0.29, 0.717) is 5.46 Å². The van der Waals surface area contributed by atoms with Gasteiger partial charge in [0.25, 0.3) is 0 Å². The summed E-state index contributed by atoms with van der Waals surface area (Å²) >= 11 is 0. The molecule has 0 aliphatic carbocycles. The average Bonchev–Trinajstić information content (AvgIpc) is 2.51. The summed E-state index contributed by atoms with van der Waals surface area (Å²) in [7, 11) is 0.662. The van der Waals surface area contributed by atoms with Gasteiger partial charge < -0.3 is 19.2 Å². The molecule has 6 heteroatoms. The Bertz CT molecular complexity index is 486. The highest BCUT2D eigenvalue weighted by molar-refractivity contribution is 6.63. The molecule has 4 nitrogen and oxygen atoms in total. The maximum absolute atomic E-state index is 13.3. The van der Waals surface area contributed by atoms with E-state index in [2.05, 4.69) is 0 Å². The van der Waals surface area contributed by atoms with Gasteiger partial charge in [0, 0.05) is 5.46 Å². The van der Waals surface area contributed by atoms with Crippen LogP contribution < -0.4 is 10.2 Å². The topological polar surface area (TPSA) is 47.9 Å². The van der Waals surface area contributed by atoms with E-state index in [1.165, 1.54) is 13.2 Å². The quantitative estimate of drug-likeness (QED) is 0.831. The monoisotopic (exact) mass is 268 g/mol. The van der Waals surface area contributed by atoms with Crippen molar-refractivity contribution >= 4 is 12.6 Å². The van der Waals surface area contributed by atoms with Gasteiger partial charge in [0.1, 0.15) is 0 Å². The maximum Gasteiger partial charge on any atom is 0.498 e. The molecule has 1 aliphatic heterocycles. The van der Waals surface area contributed by atoms with Crippen molar-refractivity contribution in [3.8, 4) is 11.5 Å². The maximum atomic E-state index is 13.3. The molecular weight excluding hydrogens is 250 g/mol. The van der Waals surface area contributed by atoms with Crippen LogP contribution in [0.1, 0.15) is 27.7 Å². The molecule has 0 radical (unpaired) electrons. The van der Waals surface area contributed by atoms with Crippen molar-refractivity contribution in [1.82, 2.24) is 0 Å². The summed E-state index contributed by atoms with van der Waals surface area (Å²) in [4.78, 5) is 0. The number of aromatic hydroxyl groups is 1. The molecule has 0 saturated carbocycles. The number of rotatable bonds is 2. The van der Waals surface area contributed by atoms with Crippen molar-refractivity contribution in [1.29, 1.82) is 0 Å². The van der Waals surface area contributed by atoms with Crippen LogP contribution in [0.5, 0.6) is 11.5 Å². The zero-order valence-electron chi connectivity index (χ0n) is 11.8. The van der Waals surface area contributed by atoms with Crippen LogP contribution in [0.15, 0.2) is 12.1 Å². The molecule has 1 heterocycles. The van der Waals surface area contributed by atoms with Crippen molar-refractivity contribution in [3.05, 3.63) is 17.9 Å². The first kappa shape index (κ1) is 14.2. The Hall–Kier alpha value is -1.27. The van der Waals surface area contributed by atoms with Gasteiger partial charge in [-0.1, -0.05) is 6.07 Å². The summed E-state index contributed by atoms with van der Waals surface area (Å²) in [6, 6.07) is 2.66. The van der Waals surface area contributed by atoms with E-state index in [9.17, 15) is 9.50 Å². The fourth-order valence-corrected chi connectivity index (χ4v) is 1.93. The van der Waals surface area contributed by atoms with Crippen LogP contribution in [0.3, 0.4) is 0 Å². The minimum absolute atomic E-state index is 0.0403. The molecular formula is C13H18BFO4. The Morgan fingerprint density at radius 2 is 1.68 bits per heavy atom. The van der Waals surface area contributed by atoms with Gasteiger partial charge in [-0.25, -0.2) is 4.39 Å². The van der Waals surface area contributed by atoms with E-state index in [-0.39, 0.29) is 5.75 Å². The first-order valence-corrected chi connectivity index (χ1v) is 6.10. The van der Waals surface area contributed by atoms with Crippen LogP contribution in [0.25, 0.3) is 0 Å². The molecule has 1 saturated heterocycles. The van der Waals surface area contributed by atoms with Crippen LogP contribution in [0.4, 0.5) is 4.39 Å². The molecule has 0 atom stereocenters. The third-order valence-corrected chi connectivity index (χ3v) is 3.82. The third-order valence-electron chi connectivity index (χ3n) is 3.82. The van der Waals surface area contributed by atoms with Gasteiger partial charge in [-0.05, 0) is 33.8 Å². The van der Waals surface area contributed by atoms with Crippen molar-refractivity contribution in [2.24, 2.45) is 0 Å². The zero-order valence-corrected chi connectivity index (χ0v) is 11.8. The highest BCUT2D eigenvalue weighted by Gasteiger charge is 2.52. The number of phenolic OH excluding ortho intramolecular Hbond substituents is 1. The molecule has 0 unspecified atom stereocenters. The molecule has 2 rings (SSSR count). The number of hydrogen-bond acceptors (Lipinski definition) is 4. The van der Waals surface area contributed by atoms with E-state index < -0.39 is 29.9 Å². The van der Waals surface area contributed by atoms with Crippen LogP contribution >= 0.6 is 0 Å². The van der Waals surface area contributed by atoms with Crippen LogP contribution in [0, 0.1) is 5.82 Å². The van der Waals surface area contributed by atoms with E-state index in [0.717, 1.165) is 6.07 Å². The molecule has 1 N–H and O–H groups in total. The number of phenols is 1. The second-order valence-corrected chi connectivity index (χ2v) is 5.61. The molecule has 1 aromatic rings. The lowest BCUT2D eigenvalue weighted by atomic mass is 9.78. The Labute approximate surface area is 112 Å². The second-order valence-electron chi connectivity index (χ2n) is 5.61. The smallest absolute Gasteiger partial charge is 0.498 e. The summed E-state index contributed by atoms with van der Waals surface area (Å²) in [5, 5.41) is 9.69. The summed E-state index contributed by atoms with van der Waals surface area (Å²) < 4.78 is 30.1. The van der Waals surface area contributed by atoms with Crippen LogP contribution in [0.2, 0.25) is 0 Å². The Balaban J connectivity index is 2.43. The molecule has 0 spiro atoms. The lowest BCUT2D eigenvalue weighted by Crippen LogP contribution is -2.41. The van der Waals surface area contributed by atoms with Crippen LogP contribution in [-0.2, 0) is 9.31 Å². The van der Waals surface area contributed by atoms with Gasteiger partial charge in [-0.3, -0.25) is 0 Å². The molecule has 0 bridgehead atoms. The number of benzene rings is 1. The summed E-state index contributed by atoms with van der Waals surface area (Å²) in [6.07, 6.45) is 0. The second kappa shape index (κ2) is 4.39. The number of ether oxygens (including phenoxy) is 1. The van der Waals surface area contributed by atoms with E-state index >= 15 is 0 Å². The summed E-state index contributed by atoms with van der Waals surface area (Å²) in [6.45, 7) is 7.68. The van der Waals surface area contributed by atoms with E-state index in [1.807, 2.05) is 27.7 Å². The lowest BCUT2D eigenvalue weighted by Gasteiger charge is -2.32. The first-order valence-electron chi connectivity index (χ1n) is 6.10. The molecule has 1 fully saturated rings. The molecule has 1 aliphatic rings. The summed E-state index contributed by atoms with van der Waals surface area (Å²) in [5.74, 6) is -1.23. The largest absolute Gasteiger partial charge is 0.502 e. The molecule has 0 aromatic heterocycles. The Morgan fingerprint density at radius 1 is 1.16 bits per heavy atom. The van der Waals surface area contributed by atoms with Crippen molar-refractivity contribution < 1.29 is 23.5 Å². The number of hydrogen-bond donors (Lipinski definition) is 1. The van der Waals surface area contributed by atoms with Gasteiger partial charge in [0.15, 0.2) is 17.3 Å². The minimum atomic E-state index is -0.739. The highest BCUT2D eigenvalue weighted by Crippen LogP contribution is 2.38.